The van der Waals surface area contributed by atoms with Crippen molar-refractivity contribution in [1.82, 2.24) is 5.32 Å². The number of fused-ring (bicyclic) bond motifs is 1. The van der Waals surface area contributed by atoms with Crippen molar-refractivity contribution in [3.8, 4) is 11.5 Å². The predicted molar refractivity (Wildman–Crippen MR) is 104 cm³/mol. The zero-order valence-electron chi connectivity index (χ0n) is 16.0. The number of carbonyl (C=O) groups is 2. The number of ether oxygens (including phenoxy) is 2. The van der Waals surface area contributed by atoms with Gasteiger partial charge >= 0.3 is 11.9 Å². The monoisotopic (exact) mass is 387 g/mol. The van der Waals surface area contributed by atoms with Gasteiger partial charge in [0.25, 0.3) is 0 Å². The van der Waals surface area contributed by atoms with Gasteiger partial charge in [-0.15, -0.1) is 0 Å². The molecule has 1 aliphatic carbocycles. The topological polar surface area (TPSA) is 105 Å². The minimum atomic E-state index is -1.82. The van der Waals surface area contributed by atoms with E-state index in [1.807, 2.05) is 12.1 Å². The standard InChI is InChI=1S/C19H23NO2.C2H2O4/c1-21-16-11-10-15(19(12-16)22-2)13-20-18-9-5-7-14-6-3-4-8-17(14)18;3-1(4)2(5)6/h3-4,6,8,10-12,18,20H,5,7,9,13H2,1-2H3;(H,3,4)(H,5,6). The third-order valence-corrected chi connectivity index (χ3v) is 4.59. The molecule has 1 unspecified atom stereocenters. The molecule has 7 heteroatoms. The maximum atomic E-state index is 9.10. The molecule has 0 fully saturated rings. The van der Waals surface area contributed by atoms with Crippen molar-refractivity contribution in [1.29, 1.82) is 0 Å². The van der Waals surface area contributed by atoms with Crippen molar-refractivity contribution in [2.45, 2.75) is 31.8 Å². The first-order valence-corrected chi connectivity index (χ1v) is 8.94. The number of aliphatic carboxylic acids is 2. The molecule has 3 rings (SSSR count). The Morgan fingerprint density at radius 1 is 1.07 bits per heavy atom. The van der Waals surface area contributed by atoms with Crippen LogP contribution in [0, 0.1) is 0 Å². The number of carboxylic acid groups (broad SMARTS) is 2. The van der Waals surface area contributed by atoms with E-state index < -0.39 is 11.9 Å². The van der Waals surface area contributed by atoms with E-state index in [1.165, 1.54) is 30.4 Å². The zero-order chi connectivity index (χ0) is 20.5. The minimum absolute atomic E-state index is 0.428. The van der Waals surface area contributed by atoms with Crippen LogP contribution >= 0.6 is 0 Å². The molecular formula is C21H25NO6. The third kappa shape index (κ3) is 5.72. The van der Waals surface area contributed by atoms with E-state index in [4.69, 9.17) is 29.3 Å². The Kier molecular flexibility index (Phi) is 7.83. The fourth-order valence-corrected chi connectivity index (χ4v) is 3.20. The molecule has 0 spiro atoms. The van der Waals surface area contributed by atoms with Crippen LogP contribution in [0.15, 0.2) is 42.5 Å². The van der Waals surface area contributed by atoms with Crippen molar-refractivity contribution >= 4 is 11.9 Å². The molecule has 28 heavy (non-hydrogen) atoms. The van der Waals surface area contributed by atoms with Crippen molar-refractivity contribution < 1.29 is 29.3 Å². The van der Waals surface area contributed by atoms with Gasteiger partial charge in [0.1, 0.15) is 11.5 Å². The highest BCUT2D eigenvalue weighted by atomic mass is 16.5. The molecule has 0 aromatic heterocycles. The van der Waals surface area contributed by atoms with Crippen LogP contribution in [0.3, 0.4) is 0 Å². The molecule has 0 bridgehead atoms. The lowest BCUT2D eigenvalue weighted by molar-refractivity contribution is -0.159. The molecule has 7 nitrogen and oxygen atoms in total. The summed E-state index contributed by atoms with van der Waals surface area (Å²) in [5, 5.41) is 18.5. The number of nitrogens with one attached hydrogen (secondary N) is 1. The van der Waals surface area contributed by atoms with E-state index in [0.717, 1.165) is 23.6 Å². The van der Waals surface area contributed by atoms with E-state index in [-0.39, 0.29) is 0 Å². The number of rotatable bonds is 5. The smallest absolute Gasteiger partial charge is 0.414 e. The first kappa shape index (κ1) is 21.2. The SMILES string of the molecule is COc1ccc(CNC2CCCc3ccccc32)c(OC)c1.O=C(O)C(=O)O. The summed E-state index contributed by atoms with van der Waals surface area (Å²) in [5.41, 5.74) is 4.08. The summed E-state index contributed by atoms with van der Waals surface area (Å²) in [7, 11) is 3.37. The molecule has 0 saturated carbocycles. The van der Waals surface area contributed by atoms with Crippen LogP contribution in [0.2, 0.25) is 0 Å². The first-order chi connectivity index (χ1) is 13.5. The largest absolute Gasteiger partial charge is 0.497 e. The highest BCUT2D eigenvalue weighted by Crippen LogP contribution is 2.31. The normalized spacial score (nSPS) is 14.9. The number of hydrogen-bond acceptors (Lipinski definition) is 5. The number of hydrogen-bond donors (Lipinski definition) is 3. The Bertz CT molecular complexity index is 808. The van der Waals surface area contributed by atoms with E-state index in [9.17, 15) is 0 Å². The van der Waals surface area contributed by atoms with Crippen LogP contribution in [-0.4, -0.2) is 36.4 Å². The first-order valence-electron chi connectivity index (χ1n) is 8.94. The summed E-state index contributed by atoms with van der Waals surface area (Å²) in [6.07, 6.45) is 3.63. The van der Waals surface area contributed by atoms with Gasteiger partial charge in [0.05, 0.1) is 14.2 Å². The molecule has 0 saturated heterocycles. The van der Waals surface area contributed by atoms with Gasteiger partial charge in [0.2, 0.25) is 0 Å². The Morgan fingerprint density at radius 2 is 1.79 bits per heavy atom. The summed E-state index contributed by atoms with van der Waals surface area (Å²) in [4.78, 5) is 18.2. The summed E-state index contributed by atoms with van der Waals surface area (Å²) in [5.74, 6) is -1.95. The molecule has 0 amide bonds. The van der Waals surface area contributed by atoms with Crippen molar-refractivity contribution in [3.63, 3.8) is 0 Å². The molecule has 1 aliphatic rings. The average Bonchev–Trinajstić information content (AvgIpc) is 2.72. The van der Waals surface area contributed by atoms with Crippen LogP contribution in [0.25, 0.3) is 0 Å². The van der Waals surface area contributed by atoms with Crippen LogP contribution in [0.4, 0.5) is 0 Å². The van der Waals surface area contributed by atoms with E-state index >= 15 is 0 Å². The maximum Gasteiger partial charge on any atom is 0.414 e. The van der Waals surface area contributed by atoms with E-state index in [1.54, 1.807) is 14.2 Å². The van der Waals surface area contributed by atoms with Crippen LogP contribution in [0.5, 0.6) is 11.5 Å². The molecule has 2 aromatic rings. The van der Waals surface area contributed by atoms with Crippen LogP contribution in [-0.2, 0) is 22.6 Å². The van der Waals surface area contributed by atoms with Gasteiger partial charge in [-0.3, -0.25) is 0 Å². The Morgan fingerprint density at radius 3 is 2.43 bits per heavy atom. The Labute approximate surface area is 163 Å². The summed E-state index contributed by atoms with van der Waals surface area (Å²) < 4.78 is 10.7. The van der Waals surface area contributed by atoms with Crippen molar-refractivity contribution in [2.75, 3.05) is 14.2 Å². The number of methoxy groups -OCH3 is 2. The maximum absolute atomic E-state index is 9.10. The highest BCUT2D eigenvalue weighted by Gasteiger charge is 2.19. The second kappa shape index (κ2) is 10.3. The van der Waals surface area contributed by atoms with Crippen molar-refractivity contribution in [3.05, 3.63) is 59.2 Å². The second-order valence-corrected chi connectivity index (χ2v) is 6.31. The van der Waals surface area contributed by atoms with Gasteiger partial charge in [-0.2, -0.15) is 0 Å². The second-order valence-electron chi connectivity index (χ2n) is 6.31. The van der Waals surface area contributed by atoms with Gasteiger partial charge < -0.3 is 25.0 Å². The van der Waals surface area contributed by atoms with E-state index in [2.05, 4.69) is 35.6 Å². The van der Waals surface area contributed by atoms with E-state index in [0.29, 0.717) is 6.04 Å². The Hall–Kier alpha value is -3.06. The van der Waals surface area contributed by atoms with Gasteiger partial charge in [0, 0.05) is 24.2 Å². The molecule has 0 heterocycles. The fraction of sp³-hybridized carbons (Fsp3) is 0.333. The molecule has 0 aliphatic heterocycles. The number of carboxylic acids is 2. The molecule has 2 aromatic carbocycles. The van der Waals surface area contributed by atoms with Gasteiger partial charge in [-0.05, 0) is 36.5 Å². The quantitative estimate of drug-likeness (QED) is 0.677. The number of benzene rings is 2. The lowest BCUT2D eigenvalue weighted by atomic mass is 9.87. The molecular weight excluding hydrogens is 362 g/mol. The van der Waals surface area contributed by atoms with Crippen molar-refractivity contribution in [2.24, 2.45) is 0 Å². The van der Waals surface area contributed by atoms with Gasteiger partial charge in [-0.1, -0.05) is 30.3 Å². The zero-order valence-corrected chi connectivity index (χ0v) is 16.0. The lowest BCUT2D eigenvalue weighted by Crippen LogP contribution is -2.25. The summed E-state index contributed by atoms with van der Waals surface area (Å²) >= 11 is 0. The molecule has 1 atom stereocenters. The third-order valence-electron chi connectivity index (χ3n) is 4.59. The molecule has 150 valence electrons. The number of aryl methyl sites for hydroxylation is 1. The summed E-state index contributed by atoms with van der Waals surface area (Å²) in [6, 6.07) is 15.2. The highest BCUT2D eigenvalue weighted by molar-refractivity contribution is 6.27. The van der Waals surface area contributed by atoms with Gasteiger partial charge in [-0.25, -0.2) is 9.59 Å². The van der Waals surface area contributed by atoms with Crippen LogP contribution in [0.1, 0.15) is 35.6 Å². The summed E-state index contributed by atoms with van der Waals surface area (Å²) in [6.45, 7) is 0.798. The lowest BCUT2D eigenvalue weighted by Gasteiger charge is -2.26. The Balaban J connectivity index is 0.000000409. The minimum Gasteiger partial charge on any atom is -0.497 e. The average molecular weight is 387 g/mol. The molecule has 0 radical (unpaired) electrons. The fourth-order valence-electron chi connectivity index (χ4n) is 3.20. The predicted octanol–water partition coefficient (Wildman–Crippen LogP) is 3.03. The van der Waals surface area contributed by atoms with Gasteiger partial charge in [0.15, 0.2) is 0 Å². The molecule has 3 N–H and O–H groups in total. The van der Waals surface area contributed by atoms with Crippen LogP contribution < -0.4 is 14.8 Å².